The quantitative estimate of drug-likeness (QED) is 0.499. The fourth-order valence-electron chi connectivity index (χ4n) is 1.23. The van der Waals surface area contributed by atoms with Crippen LogP contribution in [0.3, 0.4) is 0 Å². The Hall–Kier alpha value is -1.05. The molecule has 0 rings (SSSR count). The van der Waals surface area contributed by atoms with Crippen molar-refractivity contribution in [2.45, 2.75) is 55.1 Å². The molecule has 0 fully saturated rings. The Morgan fingerprint density at radius 2 is 0.750 bits per heavy atom. The predicted molar refractivity (Wildman–Crippen MR) is 46.0 cm³/mol. The Kier molecular flexibility index (Phi) is 5.23. The standard InChI is InChI=1S/C9H5F15/c1-3(10,11)6(16,17)4(12,13)2-5(14,15)7(18,19)8(20,21)9(22,23)24/h2H2,1H3. The summed E-state index contributed by atoms with van der Waals surface area (Å²) in [4.78, 5) is 0. The number of hydrogen-bond donors (Lipinski definition) is 0. The molecule has 0 aromatic carbocycles. The first-order valence-electron chi connectivity index (χ1n) is 5.29. The maximum absolute atomic E-state index is 12.9. The molecular weight excluding hydrogens is 393 g/mol. The van der Waals surface area contributed by atoms with Gasteiger partial charge in [0.25, 0.3) is 0 Å². The van der Waals surface area contributed by atoms with E-state index in [-0.39, 0.29) is 0 Å². The zero-order chi connectivity index (χ0) is 20.2. The van der Waals surface area contributed by atoms with Crippen molar-refractivity contribution in [3.8, 4) is 0 Å². The van der Waals surface area contributed by atoms with Gasteiger partial charge >= 0.3 is 41.7 Å². The van der Waals surface area contributed by atoms with Crippen molar-refractivity contribution in [2.24, 2.45) is 0 Å². The van der Waals surface area contributed by atoms with Gasteiger partial charge in [-0.3, -0.25) is 0 Å². The van der Waals surface area contributed by atoms with Gasteiger partial charge in [-0.05, 0) is 0 Å². The predicted octanol–water partition coefficient (Wildman–Crippen LogP) is 5.77. The van der Waals surface area contributed by atoms with Crippen LogP contribution in [0.1, 0.15) is 13.3 Å². The molecule has 0 atom stereocenters. The lowest BCUT2D eigenvalue weighted by atomic mass is 9.93. The van der Waals surface area contributed by atoms with Crippen LogP contribution in [0, 0.1) is 0 Å². The molecule has 0 aromatic heterocycles. The van der Waals surface area contributed by atoms with Gasteiger partial charge in [0, 0.05) is 6.92 Å². The lowest BCUT2D eigenvalue weighted by molar-refractivity contribution is -0.407. The molecule has 0 saturated heterocycles. The third-order valence-electron chi connectivity index (χ3n) is 2.66. The van der Waals surface area contributed by atoms with E-state index in [0.29, 0.717) is 0 Å². The minimum Gasteiger partial charge on any atom is -0.200 e. The number of halogens is 15. The fourth-order valence-corrected chi connectivity index (χ4v) is 1.23. The molecule has 0 heterocycles. The molecule has 0 aromatic rings. The molecular formula is C9H5F15. The van der Waals surface area contributed by atoms with E-state index in [1.807, 2.05) is 0 Å². The van der Waals surface area contributed by atoms with Gasteiger partial charge in [-0.1, -0.05) is 0 Å². The lowest BCUT2D eigenvalue weighted by Crippen LogP contribution is -2.64. The van der Waals surface area contributed by atoms with Crippen LogP contribution < -0.4 is 0 Å². The molecule has 0 aliphatic rings. The first-order chi connectivity index (χ1) is 9.96. The summed E-state index contributed by atoms with van der Waals surface area (Å²) in [5, 5.41) is 0. The van der Waals surface area contributed by atoms with Crippen LogP contribution in [0.25, 0.3) is 0 Å². The van der Waals surface area contributed by atoms with Gasteiger partial charge in [0.15, 0.2) is 0 Å². The monoisotopic (exact) mass is 398 g/mol. The van der Waals surface area contributed by atoms with Gasteiger partial charge in [-0.25, -0.2) is 0 Å². The smallest absolute Gasteiger partial charge is 0.200 e. The largest absolute Gasteiger partial charge is 0.460 e. The van der Waals surface area contributed by atoms with Crippen molar-refractivity contribution in [1.29, 1.82) is 0 Å². The van der Waals surface area contributed by atoms with E-state index in [1.165, 1.54) is 0 Å². The molecule has 0 aliphatic heterocycles. The highest BCUT2D eigenvalue weighted by molar-refractivity contribution is 5.05. The maximum Gasteiger partial charge on any atom is 0.460 e. The van der Waals surface area contributed by atoms with Crippen molar-refractivity contribution in [1.82, 2.24) is 0 Å². The topological polar surface area (TPSA) is 0 Å². The molecule has 24 heavy (non-hydrogen) atoms. The highest BCUT2D eigenvalue weighted by atomic mass is 19.4. The number of hydrogen-bond acceptors (Lipinski definition) is 0. The van der Waals surface area contributed by atoms with Crippen molar-refractivity contribution in [3.05, 3.63) is 0 Å². The summed E-state index contributed by atoms with van der Waals surface area (Å²) in [7, 11) is 0. The van der Waals surface area contributed by atoms with E-state index in [1.54, 1.807) is 0 Å². The molecule has 0 aliphatic carbocycles. The molecule has 146 valence electrons. The first-order valence-corrected chi connectivity index (χ1v) is 5.29. The molecule has 0 nitrogen and oxygen atoms in total. The van der Waals surface area contributed by atoms with Crippen molar-refractivity contribution in [3.63, 3.8) is 0 Å². The maximum atomic E-state index is 12.9. The van der Waals surface area contributed by atoms with Crippen molar-refractivity contribution >= 4 is 0 Å². The average molecular weight is 398 g/mol. The Balaban J connectivity index is 5.95. The fraction of sp³-hybridized carbons (Fsp3) is 1.00. The molecule has 15 heteroatoms. The van der Waals surface area contributed by atoms with E-state index in [4.69, 9.17) is 0 Å². The number of rotatable bonds is 6. The third kappa shape index (κ3) is 3.34. The third-order valence-corrected chi connectivity index (χ3v) is 2.66. The molecule has 0 amide bonds. The van der Waals surface area contributed by atoms with Crippen LogP contribution >= 0.6 is 0 Å². The zero-order valence-electron chi connectivity index (χ0n) is 10.9. The van der Waals surface area contributed by atoms with Crippen LogP contribution in [0.2, 0.25) is 0 Å². The van der Waals surface area contributed by atoms with Gasteiger partial charge in [-0.15, -0.1) is 0 Å². The normalized spacial score (nSPS) is 16.5. The highest BCUT2D eigenvalue weighted by Gasteiger charge is 2.84. The van der Waals surface area contributed by atoms with E-state index < -0.39 is 55.1 Å². The van der Waals surface area contributed by atoms with Crippen LogP contribution in [0.5, 0.6) is 0 Å². The molecule has 0 unspecified atom stereocenters. The van der Waals surface area contributed by atoms with Crippen LogP contribution in [-0.4, -0.2) is 41.7 Å². The van der Waals surface area contributed by atoms with Gasteiger partial charge in [0.05, 0.1) is 6.42 Å². The van der Waals surface area contributed by atoms with Crippen LogP contribution in [0.4, 0.5) is 65.9 Å². The second-order valence-electron chi connectivity index (χ2n) is 4.69. The molecule has 0 bridgehead atoms. The van der Waals surface area contributed by atoms with E-state index in [2.05, 4.69) is 0 Å². The minimum absolute atomic E-state index is 0.929. The number of alkyl halides is 15. The first kappa shape index (κ1) is 22.9. The highest BCUT2D eigenvalue weighted by Crippen LogP contribution is 2.58. The summed E-state index contributed by atoms with van der Waals surface area (Å²) < 4.78 is 187. The summed E-state index contributed by atoms with van der Waals surface area (Å²) in [6.45, 7) is -0.929. The van der Waals surface area contributed by atoms with E-state index in [0.717, 1.165) is 0 Å². The SMILES string of the molecule is CC(F)(F)C(F)(F)C(F)(F)CC(F)(F)C(F)(F)C(F)(F)C(F)(F)F. The molecule has 0 saturated carbocycles. The second-order valence-corrected chi connectivity index (χ2v) is 4.69. The minimum atomic E-state index is -7.62. The summed E-state index contributed by atoms with van der Waals surface area (Å²) in [5.41, 5.74) is 0. The summed E-state index contributed by atoms with van der Waals surface area (Å²) in [6.07, 6.45) is -11.8. The molecule has 0 spiro atoms. The Bertz CT molecular complexity index is 451. The van der Waals surface area contributed by atoms with Gasteiger partial charge in [0.1, 0.15) is 0 Å². The summed E-state index contributed by atoms with van der Waals surface area (Å²) in [6, 6.07) is 0. The average Bonchev–Trinajstić information content (AvgIpc) is 2.23. The Morgan fingerprint density at radius 3 is 1.00 bits per heavy atom. The van der Waals surface area contributed by atoms with Crippen LogP contribution in [-0.2, 0) is 0 Å². The Morgan fingerprint density at radius 1 is 0.458 bits per heavy atom. The summed E-state index contributed by atoms with van der Waals surface area (Å²) in [5.74, 6) is -41.6. The van der Waals surface area contributed by atoms with Crippen molar-refractivity contribution < 1.29 is 65.9 Å². The van der Waals surface area contributed by atoms with Gasteiger partial charge < -0.3 is 0 Å². The molecule has 0 N–H and O–H groups in total. The Labute approximate surface area is 122 Å². The summed E-state index contributed by atoms with van der Waals surface area (Å²) >= 11 is 0. The zero-order valence-corrected chi connectivity index (χ0v) is 10.9. The van der Waals surface area contributed by atoms with E-state index >= 15 is 0 Å². The lowest BCUT2D eigenvalue weighted by Gasteiger charge is -2.37. The van der Waals surface area contributed by atoms with Crippen LogP contribution in [0.15, 0.2) is 0 Å². The second kappa shape index (κ2) is 5.47. The van der Waals surface area contributed by atoms with E-state index in [9.17, 15) is 65.9 Å². The van der Waals surface area contributed by atoms with Gasteiger partial charge in [-0.2, -0.15) is 65.9 Å². The molecule has 0 radical (unpaired) electrons. The van der Waals surface area contributed by atoms with Gasteiger partial charge in [0.2, 0.25) is 0 Å². The van der Waals surface area contributed by atoms with Crippen molar-refractivity contribution in [2.75, 3.05) is 0 Å².